The fourth-order valence-corrected chi connectivity index (χ4v) is 1.43. The van der Waals surface area contributed by atoms with E-state index in [0.717, 1.165) is 12.8 Å². The molecule has 0 aromatic carbocycles. The van der Waals surface area contributed by atoms with Crippen molar-refractivity contribution < 1.29 is 4.79 Å². The van der Waals surface area contributed by atoms with Gasteiger partial charge in [0, 0.05) is 12.8 Å². The zero-order chi connectivity index (χ0) is 9.94. The van der Waals surface area contributed by atoms with Crippen molar-refractivity contribution in [3.05, 3.63) is 6.42 Å². The van der Waals surface area contributed by atoms with Gasteiger partial charge >= 0.3 is 0 Å². The molecule has 0 saturated heterocycles. The van der Waals surface area contributed by atoms with Crippen molar-refractivity contribution in [3.63, 3.8) is 0 Å². The van der Waals surface area contributed by atoms with Crippen LogP contribution >= 0.6 is 0 Å². The van der Waals surface area contributed by atoms with Crippen LogP contribution in [0.2, 0.25) is 0 Å². The van der Waals surface area contributed by atoms with E-state index >= 15 is 0 Å². The van der Waals surface area contributed by atoms with Gasteiger partial charge in [-0.1, -0.05) is 46.0 Å². The van der Waals surface area contributed by atoms with Gasteiger partial charge in [0.1, 0.15) is 5.78 Å². The number of ketones is 1. The topological polar surface area (TPSA) is 17.1 Å². The Morgan fingerprint density at radius 1 is 1.08 bits per heavy atom. The van der Waals surface area contributed by atoms with Crippen molar-refractivity contribution in [2.75, 3.05) is 0 Å². The predicted octanol–water partition coefficient (Wildman–Crippen LogP) is 3.92. The van der Waals surface area contributed by atoms with Gasteiger partial charge in [0.05, 0.1) is 0 Å². The zero-order valence-electron chi connectivity index (χ0n) is 9.14. The molecule has 77 valence electrons. The molecular weight excluding hydrogens is 160 g/mol. The summed E-state index contributed by atoms with van der Waals surface area (Å²) < 4.78 is 0. The molecule has 1 radical (unpaired) electrons. The molecule has 0 aromatic rings. The molecule has 0 aromatic heterocycles. The molecule has 0 rings (SSSR count). The van der Waals surface area contributed by atoms with Crippen molar-refractivity contribution in [1.29, 1.82) is 0 Å². The normalized spacial score (nSPS) is 10.3. The first-order valence-corrected chi connectivity index (χ1v) is 5.60. The SMILES string of the molecule is C[CH]CC(=O)CCCCCCCC. The highest BCUT2D eigenvalue weighted by molar-refractivity contribution is 5.79. The average molecular weight is 183 g/mol. The minimum absolute atomic E-state index is 0.401. The molecule has 0 amide bonds. The lowest BCUT2D eigenvalue weighted by atomic mass is 10.1. The lowest BCUT2D eigenvalue weighted by molar-refractivity contribution is -0.118. The number of unbranched alkanes of at least 4 members (excludes halogenated alkanes) is 5. The maximum absolute atomic E-state index is 11.1. The number of carbonyl (C=O) groups is 1. The summed E-state index contributed by atoms with van der Waals surface area (Å²) >= 11 is 0. The number of rotatable bonds is 9. The molecule has 0 atom stereocenters. The summed E-state index contributed by atoms with van der Waals surface area (Å²) in [7, 11) is 0. The van der Waals surface area contributed by atoms with Crippen molar-refractivity contribution in [1.82, 2.24) is 0 Å². The van der Waals surface area contributed by atoms with Gasteiger partial charge in [-0.05, 0) is 12.8 Å². The molecule has 0 heterocycles. The van der Waals surface area contributed by atoms with Gasteiger partial charge in [-0.3, -0.25) is 4.79 Å². The molecule has 0 saturated carbocycles. The third kappa shape index (κ3) is 9.59. The smallest absolute Gasteiger partial charge is 0.133 e. The van der Waals surface area contributed by atoms with Crippen LogP contribution in [0.1, 0.15) is 65.2 Å². The molecule has 1 nitrogen and oxygen atoms in total. The van der Waals surface area contributed by atoms with E-state index in [1.807, 2.05) is 13.3 Å². The van der Waals surface area contributed by atoms with E-state index in [0.29, 0.717) is 12.2 Å². The molecule has 0 aliphatic heterocycles. The Kier molecular flexibility index (Phi) is 9.51. The fraction of sp³-hybridized carbons (Fsp3) is 0.833. The summed E-state index contributed by atoms with van der Waals surface area (Å²) in [6.45, 7) is 4.17. The lowest BCUT2D eigenvalue weighted by Crippen LogP contribution is -1.96. The van der Waals surface area contributed by atoms with Crippen LogP contribution in [-0.2, 0) is 4.79 Å². The Morgan fingerprint density at radius 2 is 1.69 bits per heavy atom. The molecule has 0 unspecified atom stereocenters. The standard InChI is InChI=1S/C12H23O/c1-3-5-6-7-8-9-11-12(13)10-4-2/h4H,3,5-11H2,1-2H3. The summed E-state index contributed by atoms with van der Waals surface area (Å²) in [5, 5.41) is 0. The Hall–Kier alpha value is -0.330. The first kappa shape index (κ1) is 12.7. The third-order valence-corrected chi connectivity index (χ3v) is 2.24. The number of Topliss-reactive ketones (excluding diaryl/α,β-unsaturated/α-hetero) is 1. The minimum Gasteiger partial charge on any atom is -0.300 e. The van der Waals surface area contributed by atoms with Crippen molar-refractivity contribution >= 4 is 5.78 Å². The predicted molar refractivity (Wildman–Crippen MR) is 57.6 cm³/mol. The molecular formula is C12H23O. The summed E-state index contributed by atoms with van der Waals surface area (Å²) in [4.78, 5) is 11.1. The average Bonchev–Trinajstić information content (AvgIpc) is 2.11. The number of hydrogen-bond acceptors (Lipinski definition) is 1. The maximum Gasteiger partial charge on any atom is 0.133 e. The number of carbonyl (C=O) groups excluding carboxylic acids is 1. The summed E-state index contributed by atoms with van der Waals surface area (Å²) in [5.41, 5.74) is 0. The Balaban J connectivity index is 3.02. The van der Waals surface area contributed by atoms with Gasteiger partial charge < -0.3 is 0 Å². The molecule has 13 heavy (non-hydrogen) atoms. The molecule has 0 aliphatic carbocycles. The van der Waals surface area contributed by atoms with Gasteiger partial charge in [-0.15, -0.1) is 0 Å². The largest absolute Gasteiger partial charge is 0.300 e. The molecule has 0 spiro atoms. The van der Waals surface area contributed by atoms with E-state index in [1.165, 1.54) is 32.1 Å². The highest BCUT2D eigenvalue weighted by atomic mass is 16.1. The second-order valence-electron chi connectivity index (χ2n) is 3.67. The van der Waals surface area contributed by atoms with E-state index in [1.54, 1.807) is 0 Å². The second kappa shape index (κ2) is 9.76. The van der Waals surface area contributed by atoms with E-state index < -0.39 is 0 Å². The first-order valence-electron chi connectivity index (χ1n) is 5.60. The highest BCUT2D eigenvalue weighted by Gasteiger charge is 1.99. The second-order valence-corrected chi connectivity index (χ2v) is 3.67. The molecule has 0 aliphatic rings. The van der Waals surface area contributed by atoms with Crippen LogP contribution in [0.4, 0.5) is 0 Å². The van der Waals surface area contributed by atoms with Crippen LogP contribution in [-0.4, -0.2) is 5.78 Å². The molecule has 0 N–H and O–H groups in total. The minimum atomic E-state index is 0.401. The van der Waals surface area contributed by atoms with Gasteiger partial charge in [0.2, 0.25) is 0 Å². The van der Waals surface area contributed by atoms with Crippen molar-refractivity contribution in [2.45, 2.75) is 65.2 Å². The highest BCUT2D eigenvalue weighted by Crippen LogP contribution is 2.08. The van der Waals surface area contributed by atoms with Crippen LogP contribution in [0.5, 0.6) is 0 Å². The molecule has 0 fully saturated rings. The summed E-state index contributed by atoms with van der Waals surface area (Å²) in [6.07, 6.45) is 11.0. The van der Waals surface area contributed by atoms with Gasteiger partial charge in [0.25, 0.3) is 0 Å². The van der Waals surface area contributed by atoms with Crippen molar-refractivity contribution in [3.8, 4) is 0 Å². The van der Waals surface area contributed by atoms with Crippen LogP contribution in [0, 0.1) is 6.42 Å². The quantitative estimate of drug-likeness (QED) is 0.495. The lowest BCUT2D eigenvalue weighted by Gasteiger charge is -1.99. The monoisotopic (exact) mass is 183 g/mol. The van der Waals surface area contributed by atoms with E-state index in [2.05, 4.69) is 6.92 Å². The van der Waals surface area contributed by atoms with E-state index in [4.69, 9.17) is 0 Å². The van der Waals surface area contributed by atoms with Gasteiger partial charge in [-0.2, -0.15) is 0 Å². The first-order chi connectivity index (χ1) is 6.31. The molecule has 0 bridgehead atoms. The third-order valence-electron chi connectivity index (χ3n) is 2.24. The molecule has 1 heteroatoms. The Labute approximate surface area is 82.9 Å². The van der Waals surface area contributed by atoms with Crippen LogP contribution < -0.4 is 0 Å². The summed E-state index contributed by atoms with van der Waals surface area (Å²) in [5.74, 6) is 0.401. The Morgan fingerprint density at radius 3 is 2.31 bits per heavy atom. The maximum atomic E-state index is 11.1. The number of hydrogen-bond donors (Lipinski definition) is 0. The van der Waals surface area contributed by atoms with Crippen LogP contribution in [0.15, 0.2) is 0 Å². The van der Waals surface area contributed by atoms with E-state index in [9.17, 15) is 4.79 Å². The van der Waals surface area contributed by atoms with Crippen LogP contribution in [0.3, 0.4) is 0 Å². The zero-order valence-corrected chi connectivity index (χ0v) is 9.14. The fourth-order valence-electron chi connectivity index (χ4n) is 1.43. The van der Waals surface area contributed by atoms with Crippen LogP contribution in [0.25, 0.3) is 0 Å². The van der Waals surface area contributed by atoms with E-state index in [-0.39, 0.29) is 0 Å². The summed E-state index contributed by atoms with van der Waals surface area (Å²) in [6, 6.07) is 0. The van der Waals surface area contributed by atoms with Gasteiger partial charge in [-0.25, -0.2) is 0 Å². The Bertz CT molecular complexity index is 118. The van der Waals surface area contributed by atoms with Gasteiger partial charge in [0.15, 0.2) is 0 Å². The van der Waals surface area contributed by atoms with Crippen molar-refractivity contribution in [2.24, 2.45) is 0 Å².